The molecule has 0 N–H and O–H groups in total. The first-order chi connectivity index (χ1) is 5.29. The van der Waals surface area contributed by atoms with E-state index in [1.54, 1.807) is 0 Å². The minimum atomic E-state index is -0.340. The largest absolute Gasteiger partial charge is 0.255 e. The van der Waals surface area contributed by atoms with Gasteiger partial charge in [-0.05, 0) is 12.0 Å². The number of hydrogen-bond donors (Lipinski definition) is 0. The molecule has 1 aromatic rings. The molecule has 0 aliphatic rings. The van der Waals surface area contributed by atoms with Crippen molar-refractivity contribution in [3.63, 3.8) is 0 Å². The van der Waals surface area contributed by atoms with Crippen molar-refractivity contribution in [3.05, 3.63) is 35.9 Å². The van der Waals surface area contributed by atoms with Crippen LogP contribution in [-0.2, 0) is 6.42 Å². The standard InChI is InChI=1S/C8H9.2CH3.Al/c1-2-8-6-4-3-5-7-8;;;/h3-7H,1-2H2;2*1H3;. The first-order valence-corrected chi connectivity index (χ1v) is 7.45. The van der Waals surface area contributed by atoms with Gasteiger partial charge in [-0.25, -0.2) is 0 Å². The Morgan fingerprint density at radius 1 is 1.09 bits per heavy atom. The van der Waals surface area contributed by atoms with Crippen molar-refractivity contribution >= 4 is 14.1 Å². The van der Waals surface area contributed by atoms with Gasteiger partial charge in [0.25, 0.3) is 14.1 Å². The zero-order valence-corrected chi connectivity index (χ0v) is 8.53. The molecule has 0 aliphatic heterocycles. The van der Waals surface area contributed by atoms with Crippen LogP contribution in [0.3, 0.4) is 0 Å². The summed E-state index contributed by atoms with van der Waals surface area (Å²) in [5.41, 5.74) is 1.49. The summed E-state index contributed by atoms with van der Waals surface area (Å²) in [4.78, 5) is 0. The molecule has 0 aliphatic carbocycles. The molecule has 1 rings (SSSR count). The van der Waals surface area contributed by atoms with Crippen LogP contribution in [0.2, 0.25) is 16.9 Å². The molecule has 0 nitrogen and oxygen atoms in total. The predicted molar refractivity (Wildman–Crippen MR) is 52.4 cm³/mol. The molecule has 11 heavy (non-hydrogen) atoms. The Hall–Kier alpha value is -0.248. The number of rotatable bonds is 3. The van der Waals surface area contributed by atoms with E-state index in [1.165, 1.54) is 17.3 Å². The summed E-state index contributed by atoms with van der Waals surface area (Å²) in [6.45, 7) is 0. The Morgan fingerprint density at radius 2 is 1.73 bits per heavy atom. The molecule has 0 unspecified atom stereocenters. The quantitative estimate of drug-likeness (QED) is 0.599. The first kappa shape index (κ1) is 8.85. The molecule has 0 radical (unpaired) electrons. The van der Waals surface area contributed by atoms with Crippen molar-refractivity contribution in [1.82, 2.24) is 0 Å². The van der Waals surface area contributed by atoms with Gasteiger partial charge in [0, 0.05) is 0 Å². The van der Waals surface area contributed by atoms with Crippen molar-refractivity contribution in [3.8, 4) is 0 Å². The highest BCUT2D eigenvalue weighted by molar-refractivity contribution is 6.55. The molecule has 0 atom stereocenters. The third kappa shape index (κ3) is 3.60. The van der Waals surface area contributed by atoms with Crippen molar-refractivity contribution in [2.24, 2.45) is 0 Å². The third-order valence-corrected chi connectivity index (χ3v) is 3.30. The highest BCUT2D eigenvalue weighted by Crippen LogP contribution is 2.04. The minimum absolute atomic E-state index is 0.340. The maximum Gasteiger partial charge on any atom is 0.255 e. The van der Waals surface area contributed by atoms with Gasteiger partial charge in [-0.3, -0.25) is 0 Å². The van der Waals surface area contributed by atoms with Gasteiger partial charge in [-0.15, -0.1) is 11.6 Å². The Morgan fingerprint density at radius 3 is 2.27 bits per heavy atom. The van der Waals surface area contributed by atoms with Crippen LogP contribution in [0.5, 0.6) is 0 Å². The third-order valence-electron chi connectivity index (χ3n) is 1.85. The van der Waals surface area contributed by atoms with Crippen LogP contribution in [0.4, 0.5) is 0 Å². The van der Waals surface area contributed by atoms with Crippen LogP contribution in [0.1, 0.15) is 5.56 Å². The molecule has 1 aromatic carbocycles. The van der Waals surface area contributed by atoms with E-state index in [1.807, 2.05) is 0 Å². The monoisotopic (exact) mass is 162 g/mol. The fourth-order valence-corrected chi connectivity index (χ4v) is 2.01. The van der Waals surface area contributed by atoms with E-state index in [0.717, 1.165) is 0 Å². The van der Waals surface area contributed by atoms with Crippen LogP contribution in [0, 0.1) is 0 Å². The zero-order chi connectivity index (χ0) is 8.10. The predicted octanol–water partition coefficient (Wildman–Crippen LogP) is 2.98. The maximum atomic E-state index is 2.41. The SMILES string of the molecule is [CH3][Al]([CH3])[CH2]Cc1ccccc1. The first-order valence-electron chi connectivity index (χ1n) is 4.33. The lowest BCUT2D eigenvalue weighted by Gasteiger charge is -1.99. The van der Waals surface area contributed by atoms with Gasteiger partial charge in [-0.1, -0.05) is 35.6 Å². The van der Waals surface area contributed by atoms with Crippen LogP contribution in [-0.4, -0.2) is 14.1 Å². The number of hydrogen-bond acceptors (Lipinski definition) is 0. The van der Waals surface area contributed by atoms with Crippen LogP contribution in [0.15, 0.2) is 30.3 Å². The number of benzene rings is 1. The molecule has 0 fully saturated rings. The van der Waals surface area contributed by atoms with Crippen LogP contribution >= 0.6 is 0 Å². The van der Waals surface area contributed by atoms with Gasteiger partial charge >= 0.3 is 0 Å². The molecule has 0 bridgehead atoms. The zero-order valence-electron chi connectivity index (χ0n) is 7.38. The summed E-state index contributed by atoms with van der Waals surface area (Å²) in [6.07, 6.45) is 1.28. The second-order valence-electron chi connectivity index (χ2n) is 3.42. The van der Waals surface area contributed by atoms with Crippen LogP contribution < -0.4 is 0 Å². The molecule has 0 saturated heterocycles. The summed E-state index contributed by atoms with van der Waals surface area (Å²) in [5.74, 6) is 4.81. The van der Waals surface area contributed by atoms with Crippen molar-refractivity contribution in [2.75, 3.05) is 0 Å². The average molecular weight is 162 g/mol. The summed E-state index contributed by atoms with van der Waals surface area (Å²) < 4.78 is 0. The van der Waals surface area contributed by atoms with E-state index in [4.69, 9.17) is 0 Å². The summed E-state index contributed by atoms with van der Waals surface area (Å²) in [5, 5.41) is 1.43. The molecule has 0 amide bonds. The van der Waals surface area contributed by atoms with E-state index in [-0.39, 0.29) is 14.1 Å². The van der Waals surface area contributed by atoms with E-state index in [0.29, 0.717) is 0 Å². The molecule has 0 aromatic heterocycles. The van der Waals surface area contributed by atoms with Crippen LogP contribution in [0.25, 0.3) is 0 Å². The van der Waals surface area contributed by atoms with Gasteiger partial charge < -0.3 is 0 Å². The summed E-state index contributed by atoms with van der Waals surface area (Å²) >= 11 is -0.340. The molecule has 0 heterocycles. The van der Waals surface area contributed by atoms with E-state index in [9.17, 15) is 0 Å². The molecule has 1 heteroatoms. The average Bonchev–Trinajstić information content (AvgIpc) is 2.03. The highest BCUT2D eigenvalue weighted by Gasteiger charge is 2.00. The summed E-state index contributed by atoms with van der Waals surface area (Å²) in [6, 6.07) is 10.8. The highest BCUT2D eigenvalue weighted by atomic mass is 27.2. The van der Waals surface area contributed by atoms with Crippen molar-refractivity contribution in [2.45, 2.75) is 23.3 Å². The van der Waals surface area contributed by atoms with Gasteiger partial charge in [0.15, 0.2) is 0 Å². The molecular weight excluding hydrogens is 147 g/mol. The fourth-order valence-electron chi connectivity index (χ4n) is 1.10. The summed E-state index contributed by atoms with van der Waals surface area (Å²) in [7, 11) is 0. The molecule has 0 spiro atoms. The Kier molecular flexibility index (Phi) is 3.69. The van der Waals surface area contributed by atoms with E-state index >= 15 is 0 Å². The Bertz CT molecular complexity index is 191. The van der Waals surface area contributed by atoms with Gasteiger partial charge in [0.1, 0.15) is 0 Å². The second-order valence-corrected chi connectivity index (χ2v) is 6.78. The normalized spacial score (nSPS) is 9.64. The minimum Gasteiger partial charge on any atom is -0.106 e. The molecular formula is C10H15Al. The van der Waals surface area contributed by atoms with Crippen molar-refractivity contribution < 1.29 is 0 Å². The van der Waals surface area contributed by atoms with Crippen molar-refractivity contribution in [1.29, 1.82) is 0 Å². The second kappa shape index (κ2) is 4.59. The fraction of sp³-hybridized carbons (Fsp3) is 0.400. The Labute approximate surface area is 73.6 Å². The lowest BCUT2D eigenvalue weighted by Crippen LogP contribution is -2.00. The maximum absolute atomic E-state index is 2.41. The molecule has 0 saturated carbocycles. The lowest BCUT2D eigenvalue weighted by atomic mass is 10.2. The van der Waals surface area contributed by atoms with E-state index < -0.39 is 0 Å². The van der Waals surface area contributed by atoms with Gasteiger partial charge in [0.2, 0.25) is 0 Å². The Balaban J connectivity index is 2.39. The van der Waals surface area contributed by atoms with E-state index in [2.05, 4.69) is 41.9 Å². The smallest absolute Gasteiger partial charge is 0.106 e. The lowest BCUT2D eigenvalue weighted by molar-refractivity contribution is 1.11. The van der Waals surface area contributed by atoms with Gasteiger partial charge in [0.05, 0.1) is 0 Å². The number of aryl methyl sites for hydroxylation is 1. The van der Waals surface area contributed by atoms with Gasteiger partial charge in [-0.2, -0.15) is 0 Å². The topological polar surface area (TPSA) is 0 Å². The molecule has 58 valence electrons.